The number of nitrogens with zero attached hydrogens (tertiary/aromatic N) is 1. The minimum Gasteiger partial charge on any atom is -0.491 e. The summed E-state index contributed by atoms with van der Waals surface area (Å²) < 4.78 is 5.80. The maximum absolute atomic E-state index is 5.80. The lowest BCUT2D eigenvalue weighted by Crippen LogP contribution is -2.34. The van der Waals surface area contributed by atoms with E-state index in [4.69, 9.17) is 4.74 Å². The fourth-order valence-electron chi connectivity index (χ4n) is 2.07. The van der Waals surface area contributed by atoms with Gasteiger partial charge >= 0.3 is 0 Å². The number of benzene rings is 1. The Morgan fingerprint density at radius 3 is 3.00 bits per heavy atom. The molecule has 0 amide bonds. The third kappa shape index (κ3) is 2.08. The summed E-state index contributed by atoms with van der Waals surface area (Å²) in [4.78, 5) is 2.37. The first-order chi connectivity index (χ1) is 7.86. The van der Waals surface area contributed by atoms with Crippen LogP contribution in [0.4, 0.5) is 11.4 Å². The molecule has 3 heteroatoms. The number of likely N-dealkylation sites (N-methyl/N-ethyl adjacent to an activating group) is 1. The van der Waals surface area contributed by atoms with Gasteiger partial charge in [-0.2, -0.15) is 0 Å². The highest BCUT2D eigenvalue weighted by molar-refractivity contribution is 5.78. The first-order valence-corrected chi connectivity index (χ1v) is 6.11. The van der Waals surface area contributed by atoms with Gasteiger partial charge < -0.3 is 15.0 Å². The first-order valence-electron chi connectivity index (χ1n) is 6.11. The van der Waals surface area contributed by atoms with E-state index in [0.717, 1.165) is 38.4 Å². The molecular formula is C13H20N2O. The van der Waals surface area contributed by atoms with Crippen LogP contribution in [0.15, 0.2) is 18.2 Å². The molecule has 1 N–H and O–H groups in total. The molecule has 1 aromatic carbocycles. The van der Waals surface area contributed by atoms with E-state index in [2.05, 4.69) is 42.3 Å². The van der Waals surface area contributed by atoms with Crippen molar-refractivity contribution in [3.63, 3.8) is 0 Å². The van der Waals surface area contributed by atoms with E-state index < -0.39 is 0 Å². The molecule has 0 aromatic heterocycles. The monoisotopic (exact) mass is 220 g/mol. The number of hydrogen-bond donors (Lipinski definition) is 1. The van der Waals surface area contributed by atoms with Crippen molar-refractivity contribution in [2.45, 2.75) is 20.3 Å². The SMILES string of the molecule is CCCOc1cccc2c1N(CC)CCN2. The molecule has 0 aliphatic carbocycles. The zero-order chi connectivity index (χ0) is 11.4. The summed E-state index contributed by atoms with van der Waals surface area (Å²) in [5.74, 6) is 1.01. The summed E-state index contributed by atoms with van der Waals surface area (Å²) >= 11 is 0. The predicted molar refractivity (Wildman–Crippen MR) is 68.6 cm³/mol. The van der Waals surface area contributed by atoms with Gasteiger partial charge in [0.1, 0.15) is 11.4 Å². The van der Waals surface area contributed by atoms with Crippen molar-refractivity contribution in [1.82, 2.24) is 0 Å². The smallest absolute Gasteiger partial charge is 0.144 e. The molecule has 2 rings (SSSR count). The molecule has 0 bridgehead atoms. The molecule has 1 aliphatic heterocycles. The second kappa shape index (κ2) is 5.10. The normalized spacial score (nSPS) is 14.2. The van der Waals surface area contributed by atoms with Crippen LogP contribution in [-0.4, -0.2) is 26.2 Å². The quantitative estimate of drug-likeness (QED) is 0.844. The van der Waals surface area contributed by atoms with Gasteiger partial charge in [0, 0.05) is 19.6 Å². The van der Waals surface area contributed by atoms with Crippen LogP contribution in [0.3, 0.4) is 0 Å². The predicted octanol–water partition coefficient (Wildman–Crippen LogP) is 2.73. The molecule has 3 nitrogen and oxygen atoms in total. The van der Waals surface area contributed by atoms with Crippen LogP contribution >= 0.6 is 0 Å². The summed E-state index contributed by atoms with van der Waals surface area (Å²) in [5, 5.41) is 3.42. The van der Waals surface area contributed by atoms with Crippen molar-refractivity contribution in [2.75, 3.05) is 36.5 Å². The Morgan fingerprint density at radius 2 is 2.25 bits per heavy atom. The number of fused-ring (bicyclic) bond motifs is 1. The van der Waals surface area contributed by atoms with Crippen LogP contribution in [0.1, 0.15) is 20.3 Å². The zero-order valence-electron chi connectivity index (χ0n) is 10.1. The van der Waals surface area contributed by atoms with Crippen LogP contribution in [0.5, 0.6) is 5.75 Å². The van der Waals surface area contributed by atoms with Gasteiger partial charge in [-0.05, 0) is 25.5 Å². The molecule has 0 saturated heterocycles. The summed E-state index contributed by atoms with van der Waals surface area (Å²) in [6.07, 6.45) is 1.04. The molecule has 0 fully saturated rings. The van der Waals surface area contributed by atoms with Crippen LogP contribution < -0.4 is 15.0 Å². The lowest BCUT2D eigenvalue weighted by atomic mass is 10.2. The second-order valence-electron chi connectivity index (χ2n) is 4.01. The van der Waals surface area contributed by atoms with Crippen molar-refractivity contribution in [3.8, 4) is 5.75 Å². The molecule has 88 valence electrons. The largest absolute Gasteiger partial charge is 0.491 e. The summed E-state index contributed by atoms with van der Waals surface area (Å²) in [6.45, 7) is 8.19. The summed E-state index contributed by atoms with van der Waals surface area (Å²) in [5.41, 5.74) is 2.42. The minimum absolute atomic E-state index is 0.786. The van der Waals surface area contributed by atoms with Gasteiger partial charge in [-0.25, -0.2) is 0 Å². The van der Waals surface area contributed by atoms with E-state index in [1.807, 2.05) is 0 Å². The topological polar surface area (TPSA) is 24.5 Å². The molecule has 1 aliphatic rings. The van der Waals surface area contributed by atoms with Crippen molar-refractivity contribution in [3.05, 3.63) is 18.2 Å². The zero-order valence-corrected chi connectivity index (χ0v) is 10.1. The molecule has 0 spiro atoms. The van der Waals surface area contributed by atoms with E-state index in [9.17, 15) is 0 Å². The Kier molecular flexibility index (Phi) is 3.54. The van der Waals surface area contributed by atoms with Gasteiger partial charge in [-0.15, -0.1) is 0 Å². The molecule has 1 heterocycles. The molecular weight excluding hydrogens is 200 g/mol. The van der Waals surface area contributed by atoms with Crippen LogP contribution in [-0.2, 0) is 0 Å². The van der Waals surface area contributed by atoms with Crippen molar-refractivity contribution < 1.29 is 4.74 Å². The molecule has 0 unspecified atom stereocenters. The van der Waals surface area contributed by atoms with Crippen molar-refractivity contribution in [1.29, 1.82) is 0 Å². The van der Waals surface area contributed by atoms with E-state index in [1.54, 1.807) is 0 Å². The van der Waals surface area contributed by atoms with E-state index >= 15 is 0 Å². The number of nitrogens with one attached hydrogen (secondary N) is 1. The Bertz CT molecular complexity index is 352. The number of anilines is 2. The average molecular weight is 220 g/mol. The van der Waals surface area contributed by atoms with Gasteiger partial charge in [0.15, 0.2) is 0 Å². The molecule has 16 heavy (non-hydrogen) atoms. The highest BCUT2D eigenvalue weighted by Crippen LogP contribution is 2.37. The molecule has 1 aromatic rings. The van der Waals surface area contributed by atoms with Crippen molar-refractivity contribution >= 4 is 11.4 Å². The second-order valence-corrected chi connectivity index (χ2v) is 4.01. The Morgan fingerprint density at radius 1 is 1.38 bits per heavy atom. The van der Waals surface area contributed by atoms with Crippen molar-refractivity contribution in [2.24, 2.45) is 0 Å². The fourth-order valence-corrected chi connectivity index (χ4v) is 2.07. The van der Waals surface area contributed by atoms with Gasteiger partial charge in [0.25, 0.3) is 0 Å². The third-order valence-corrected chi connectivity index (χ3v) is 2.86. The van der Waals surface area contributed by atoms with Gasteiger partial charge in [0.2, 0.25) is 0 Å². The molecule has 0 saturated carbocycles. The Hall–Kier alpha value is -1.38. The number of rotatable bonds is 4. The third-order valence-electron chi connectivity index (χ3n) is 2.86. The Labute approximate surface area is 97.4 Å². The van der Waals surface area contributed by atoms with E-state index in [-0.39, 0.29) is 0 Å². The number of para-hydroxylation sites is 1. The highest BCUT2D eigenvalue weighted by atomic mass is 16.5. The van der Waals surface area contributed by atoms with Crippen LogP contribution in [0.25, 0.3) is 0 Å². The van der Waals surface area contributed by atoms with E-state index in [0.29, 0.717) is 0 Å². The highest BCUT2D eigenvalue weighted by Gasteiger charge is 2.19. The number of ether oxygens (including phenoxy) is 1. The van der Waals surface area contributed by atoms with Crippen LogP contribution in [0, 0.1) is 0 Å². The molecule has 0 radical (unpaired) electrons. The maximum atomic E-state index is 5.80. The maximum Gasteiger partial charge on any atom is 0.144 e. The standard InChI is InChI=1S/C13H20N2O/c1-3-10-16-12-7-5-6-11-13(12)15(4-2)9-8-14-11/h5-7,14H,3-4,8-10H2,1-2H3. The van der Waals surface area contributed by atoms with E-state index in [1.165, 1.54) is 11.4 Å². The lowest BCUT2D eigenvalue weighted by Gasteiger charge is -2.32. The lowest BCUT2D eigenvalue weighted by molar-refractivity contribution is 0.317. The average Bonchev–Trinajstić information content (AvgIpc) is 2.35. The molecule has 0 atom stereocenters. The van der Waals surface area contributed by atoms with Gasteiger partial charge in [-0.1, -0.05) is 13.0 Å². The fraction of sp³-hybridized carbons (Fsp3) is 0.538. The number of hydrogen-bond acceptors (Lipinski definition) is 3. The first kappa shape index (κ1) is 11.1. The van der Waals surface area contributed by atoms with Gasteiger partial charge in [0.05, 0.1) is 12.3 Å². The minimum atomic E-state index is 0.786. The Balaban J connectivity index is 2.30. The van der Waals surface area contributed by atoms with Crippen LogP contribution in [0.2, 0.25) is 0 Å². The summed E-state index contributed by atoms with van der Waals surface area (Å²) in [6, 6.07) is 6.23. The van der Waals surface area contributed by atoms with Gasteiger partial charge in [-0.3, -0.25) is 0 Å². The summed E-state index contributed by atoms with van der Waals surface area (Å²) in [7, 11) is 0.